The number of nitrogens with two attached hydrogens (primary N) is 1. The molecule has 0 saturated carbocycles. The van der Waals surface area contributed by atoms with E-state index >= 15 is 0 Å². The molecule has 4 heteroatoms. The van der Waals surface area contributed by atoms with Gasteiger partial charge in [0.05, 0.1) is 11.2 Å². The highest BCUT2D eigenvalue weighted by Gasteiger charge is 2.05. The number of fused-ring (bicyclic) bond motifs is 1. The molecule has 0 atom stereocenters. The van der Waals surface area contributed by atoms with Gasteiger partial charge in [0.25, 0.3) is 0 Å². The molecule has 1 aromatic heterocycles. The summed E-state index contributed by atoms with van der Waals surface area (Å²) in [6, 6.07) is 16.2. The summed E-state index contributed by atoms with van der Waals surface area (Å²) in [5, 5.41) is 4.45. The van der Waals surface area contributed by atoms with Crippen molar-refractivity contribution in [2.24, 2.45) is 0 Å². The summed E-state index contributed by atoms with van der Waals surface area (Å²) in [5.74, 6) is 0. The third-order valence-corrected chi connectivity index (χ3v) is 3.91. The molecule has 0 unspecified atom stereocenters. The quantitative estimate of drug-likeness (QED) is 0.555. The van der Waals surface area contributed by atoms with E-state index in [0.717, 1.165) is 22.3 Å². The summed E-state index contributed by atoms with van der Waals surface area (Å²) < 4.78 is 0. The van der Waals surface area contributed by atoms with Crippen LogP contribution >= 0.6 is 11.8 Å². The fraction of sp³-hybridized carbons (Fsp3) is 0.0625. The smallest absolute Gasteiger partial charge is 0.0951 e. The van der Waals surface area contributed by atoms with Gasteiger partial charge in [-0.05, 0) is 54.8 Å². The lowest BCUT2D eigenvalue weighted by Gasteiger charge is -2.11. The Hall–Kier alpha value is -2.20. The van der Waals surface area contributed by atoms with Crippen molar-refractivity contribution in [1.29, 1.82) is 0 Å². The van der Waals surface area contributed by atoms with E-state index in [0.29, 0.717) is 5.69 Å². The predicted molar refractivity (Wildman–Crippen MR) is 87.7 cm³/mol. The molecule has 3 aromatic rings. The molecule has 0 spiro atoms. The van der Waals surface area contributed by atoms with Crippen LogP contribution in [0.3, 0.4) is 0 Å². The number of pyridine rings is 1. The highest BCUT2D eigenvalue weighted by molar-refractivity contribution is 7.98. The van der Waals surface area contributed by atoms with E-state index in [1.807, 2.05) is 24.3 Å². The van der Waals surface area contributed by atoms with Gasteiger partial charge in [-0.15, -0.1) is 11.8 Å². The molecule has 100 valence electrons. The van der Waals surface area contributed by atoms with Crippen molar-refractivity contribution in [3.05, 3.63) is 54.7 Å². The number of rotatable bonds is 3. The molecular weight excluding hydrogens is 266 g/mol. The molecule has 0 aliphatic rings. The van der Waals surface area contributed by atoms with Crippen molar-refractivity contribution in [1.82, 2.24) is 4.98 Å². The maximum Gasteiger partial charge on any atom is 0.0951 e. The third kappa shape index (κ3) is 2.42. The van der Waals surface area contributed by atoms with E-state index in [1.54, 1.807) is 18.0 Å². The van der Waals surface area contributed by atoms with Gasteiger partial charge >= 0.3 is 0 Å². The molecule has 2 aromatic carbocycles. The fourth-order valence-corrected chi connectivity index (χ4v) is 2.54. The Bertz CT molecular complexity index is 738. The number of anilines is 3. The topological polar surface area (TPSA) is 50.9 Å². The van der Waals surface area contributed by atoms with Crippen LogP contribution in [0.1, 0.15) is 0 Å². The van der Waals surface area contributed by atoms with E-state index in [1.165, 1.54) is 4.90 Å². The second-order valence-electron chi connectivity index (χ2n) is 4.46. The monoisotopic (exact) mass is 281 g/mol. The van der Waals surface area contributed by atoms with Gasteiger partial charge in [-0.25, -0.2) is 0 Å². The molecule has 3 N–H and O–H groups in total. The van der Waals surface area contributed by atoms with Crippen LogP contribution in [0, 0.1) is 0 Å². The van der Waals surface area contributed by atoms with E-state index in [-0.39, 0.29) is 0 Å². The average Bonchev–Trinajstić information content (AvgIpc) is 2.51. The molecule has 0 amide bonds. The number of benzene rings is 2. The van der Waals surface area contributed by atoms with Gasteiger partial charge in [-0.2, -0.15) is 0 Å². The summed E-state index contributed by atoms with van der Waals surface area (Å²) >= 11 is 1.73. The number of hydrogen-bond donors (Lipinski definition) is 2. The molecular formula is C16H15N3S. The number of nitrogens with zero attached hydrogens (tertiary/aromatic N) is 1. The summed E-state index contributed by atoms with van der Waals surface area (Å²) in [5.41, 5.74) is 9.56. The van der Waals surface area contributed by atoms with Crippen LogP contribution in [0.25, 0.3) is 10.9 Å². The fourth-order valence-electron chi connectivity index (χ4n) is 2.13. The normalized spacial score (nSPS) is 10.7. The van der Waals surface area contributed by atoms with Crippen LogP contribution in [0.2, 0.25) is 0 Å². The Balaban J connectivity index is 2.00. The first-order valence-electron chi connectivity index (χ1n) is 6.32. The Kier molecular flexibility index (Phi) is 3.48. The molecule has 0 saturated heterocycles. The number of nitrogen functional groups attached to an aromatic ring is 1. The van der Waals surface area contributed by atoms with Crippen LogP contribution in [0.5, 0.6) is 0 Å². The highest BCUT2D eigenvalue weighted by atomic mass is 32.2. The first-order chi connectivity index (χ1) is 9.78. The van der Waals surface area contributed by atoms with Crippen LogP contribution in [0.15, 0.2) is 59.6 Å². The average molecular weight is 281 g/mol. The molecule has 0 fully saturated rings. The molecule has 0 aliphatic carbocycles. The minimum Gasteiger partial charge on any atom is -0.397 e. The van der Waals surface area contributed by atoms with Gasteiger partial charge in [-0.3, -0.25) is 4.98 Å². The highest BCUT2D eigenvalue weighted by Crippen LogP contribution is 2.29. The first-order valence-corrected chi connectivity index (χ1v) is 7.54. The molecule has 1 heterocycles. The first kappa shape index (κ1) is 12.8. The van der Waals surface area contributed by atoms with Crippen LogP contribution in [-0.4, -0.2) is 11.2 Å². The lowest BCUT2D eigenvalue weighted by atomic mass is 10.1. The van der Waals surface area contributed by atoms with Gasteiger partial charge < -0.3 is 11.1 Å². The lowest BCUT2D eigenvalue weighted by molar-refractivity contribution is 1.41. The molecule has 0 radical (unpaired) electrons. The maximum atomic E-state index is 5.96. The summed E-state index contributed by atoms with van der Waals surface area (Å²) in [6.07, 6.45) is 3.83. The van der Waals surface area contributed by atoms with Gasteiger partial charge in [0.15, 0.2) is 0 Å². The van der Waals surface area contributed by atoms with Crippen LogP contribution in [-0.2, 0) is 0 Å². The van der Waals surface area contributed by atoms with Crippen molar-refractivity contribution in [2.75, 3.05) is 17.3 Å². The Morgan fingerprint density at radius 3 is 2.60 bits per heavy atom. The van der Waals surface area contributed by atoms with E-state index in [9.17, 15) is 0 Å². The minimum absolute atomic E-state index is 0.698. The Morgan fingerprint density at radius 1 is 1.05 bits per heavy atom. The zero-order chi connectivity index (χ0) is 13.9. The van der Waals surface area contributed by atoms with Gasteiger partial charge in [0.1, 0.15) is 0 Å². The molecule has 3 nitrogen and oxygen atoms in total. The van der Waals surface area contributed by atoms with E-state index < -0.39 is 0 Å². The van der Waals surface area contributed by atoms with Crippen molar-refractivity contribution in [3.8, 4) is 0 Å². The van der Waals surface area contributed by atoms with Crippen LogP contribution < -0.4 is 11.1 Å². The minimum atomic E-state index is 0.698. The summed E-state index contributed by atoms with van der Waals surface area (Å²) in [4.78, 5) is 5.59. The Labute approximate surface area is 122 Å². The number of thioether (sulfide) groups is 1. The van der Waals surface area contributed by atoms with Crippen LogP contribution in [0.4, 0.5) is 17.1 Å². The zero-order valence-corrected chi connectivity index (χ0v) is 11.9. The summed E-state index contributed by atoms with van der Waals surface area (Å²) in [6.45, 7) is 0. The van der Waals surface area contributed by atoms with Gasteiger partial charge in [0, 0.05) is 27.9 Å². The number of aromatic nitrogens is 1. The molecule has 20 heavy (non-hydrogen) atoms. The molecule has 3 rings (SSSR count). The zero-order valence-electron chi connectivity index (χ0n) is 11.1. The second-order valence-corrected chi connectivity index (χ2v) is 5.34. The Morgan fingerprint density at radius 2 is 1.85 bits per heavy atom. The van der Waals surface area contributed by atoms with Crippen molar-refractivity contribution < 1.29 is 0 Å². The van der Waals surface area contributed by atoms with Crippen molar-refractivity contribution in [3.63, 3.8) is 0 Å². The van der Waals surface area contributed by atoms with Crippen molar-refractivity contribution in [2.45, 2.75) is 4.90 Å². The van der Waals surface area contributed by atoms with E-state index in [2.05, 4.69) is 40.8 Å². The lowest BCUT2D eigenvalue weighted by Crippen LogP contribution is -1.95. The maximum absolute atomic E-state index is 5.96. The largest absolute Gasteiger partial charge is 0.397 e. The third-order valence-electron chi connectivity index (χ3n) is 3.17. The van der Waals surface area contributed by atoms with Crippen molar-refractivity contribution >= 4 is 39.7 Å². The number of nitrogens with one attached hydrogen (secondary N) is 1. The van der Waals surface area contributed by atoms with Gasteiger partial charge in [-0.1, -0.05) is 0 Å². The van der Waals surface area contributed by atoms with E-state index in [4.69, 9.17) is 5.73 Å². The number of hydrogen-bond acceptors (Lipinski definition) is 4. The van der Waals surface area contributed by atoms with Gasteiger partial charge in [0.2, 0.25) is 0 Å². The second kappa shape index (κ2) is 5.43. The molecule has 0 bridgehead atoms. The molecule has 0 aliphatic heterocycles. The predicted octanol–water partition coefficient (Wildman–Crippen LogP) is 4.28. The standard InChI is InChI=1S/C16H15N3S/c1-20-12-6-4-11(5-7-12)19-15-9-8-14(17)16-13(15)3-2-10-18-16/h2-10,19H,17H2,1H3. The SMILES string of the molecule is CSc1ccc(Nc2ccc(N)c3ncccc23)cc1. The summed E-state index contributed by atoms with van der Waals surface area (Å²) in [7, 11) is 0.